The van der Waals surface area contributed by atoms with Gasteiger partial charge in [0.2, 0.25) is 15.9 Å². The average Bonchev–Trinajstić information content (AvgIpc) is 2.87. The molecule has 9 heteroatoms. The van der Waals surface area contributed by atoms with Crippen molar-refractivity contribution in [3.05, 3.63) is 18.2 Å². The van der Waals surface area contributed by atoms with Crippen molar-refractivity contribution in [2.45, 2.75) is 43.2 Å². The zero-order chi connectivity index (χ0) is 18.6. The largest absolute Gasteiger partial charge is 0.490 e. The van der Waals surface area contributed by atoms with E-state index in [0.29, 0.717) is 31.3 Å². The standard InChI is InChI=1S/C17H25N3O5S/c1-12(17(21)19-13-4-2-7-18-11-13)20-26(22,23)14-5-6-15-16(10-14)25-9-3-8-24-15/h5-6,10,12-13,18,20H,2-4,7-9,11H2,1H3,(H,19,21)/t12?,13-/m0/s1. The summed E-state index contributed by atoms with van der Waals surface area (Å²) < 4.78 is 38.7. The van der Waals surface area contributed by atoms with Gasteiger partial charge >= 0.3 is 0 Å². The Bertz CT molecular complexity index is 747. The van der Waals surface area contributed by atoms with Crippen LogP contribution in [0.2, 0.25) is 0 Å². The predicted molar refractivity (Wildman–Crippen MR) is 95.9 cm³/mol. The third kappa shape index (κ3) is 4.66. The van der Waals surface area contributed by atoms with Gasteiger partial charge in [0.25, 0.3) is 0 Å². The third-order valence-corrected chi connectivity index (χ3v) is 5.94. The number of benzene rings is 1. The average molecular weight is 383 g/mol. The van der Waals surface area contributed by atoms with Crippen molar-refractivity contribution >= 4 is 15.9 Å². The number of fused-ring (bicyclic) bond motifs is 1. The lowest BCUT2D eigenvalue weighted by Crippen LogP contribution is -2.52. The van der Waals surface area contributed by atoms with Crippen LogP contribution < -0.4 is 24.8 Å². The second-order valence-corrected chi connectivity index (χ2v) is 8.27. The first-order valence-electron chi connectivity index (χ1n) is 8.89. The summed E-state index contributed by atoms with van der Waals surface area (Å²) in [7, 11) is -3.85. The lowest BCUT2D eigenvalue weighted by molar-refractivity contribution is -0.123. The summed E-state index contributed by atoms with van der Waals surface area (Å²) in [5, 5.41) is 6.09. The number of ether oxygens (including phenoxy) is 2. The van der Waals surface area contributed by atoms with E-state index in [-0.39, 0.29) is 16.8 Å². The molecule has 3 rings (SSSR count). The monoisotopic (exact) mass is 383 g/mol. The molecule has 0 aliphatic carbocycles. The van der Waals surface area contributed by atoms with Crippen molar-refractivity contribution in [2.75, 3.05) is 26.3 Å². The highest BCUT2D eigenvalue weighted by molar-refractivity contribution is 7.89. The Morgan fingerprint density at radius 2 is 2.00 bits per heavy atom. The number of hydrogen-bond donors (Lipinski definition) is 3. The molecule has 1 aromatic carbocycles. The van der Waals surface area contributed by atoms with Gasteiger partial charge in [-0.15, -0.1) is 0 Å². The van der Waals surface area contributed by atoms with E-state index in [2.05, 4.69) is 15.4 Å². The second kappa shape index (κ2) is 8.24. The van der Waals surface area contributed by atoms with Gasteiger partial charge in [0.05, 0.1) is 24.2 Å². The molecule has 2 aliphatic heterocycles. The van der Waals surface area contributed by atoms with Gasteiger partial charge in [-0.1, -0.05) is 0 Å². The zero-order valence-corrected chi connectivity index (χ0v) is 15.6. The van der Waals surface area contributed by atoms with Crippen molar-refractivity contribution in [3.8, 4) is 11.5 Å². The molecule has 2 atom stereocenters. The van der Waals surface area contributed by atoms with Gasteiger partial charge in [-0.2, -0.15) is 4.72 Å². The summed E-state index contributed by atoms with van der Waals surface area (Å²) in [5.41, 5.74) is 0. The Balaban J connectivity index is 1.65. The number of carbonyl (C=O) groups excluding carboxylic acids is 1. The zero-order valence-electron chi connectivity index (χ0n) is 14.8. The van der Waals surface area contributed by atoms with Gasteiger partial charge in [-0.25, -0.2) is 8.42 Å². The van der Waals surface area contributed by atoms with Crippen molar-refractivity contribution in [3.63, 3.8) is 0 Å². The molecular weight excluding hydrogens is 358 g/mol. The minimum Gasteiger partial charge on any atom is -0.490 e. The molecule has 2 heterocycles. The highest BCUT2D eigenvalue weighted by Crippen LogP contribution is 2.31. The summed E-state index contributed by atoms with van der Waals surface area (Å²) in [4.78, 5) is 12.3. The Morgan fingerprint density at radius 3 is 2.73 bits per heavy atom. The minimum atomic E-state index is -3.85. The minimum absolute atomic E-state index is 0.0289. The van der Waals surface area contributed by atoms with Gasteiger partial charge in [-0.05, 0) is 38.4 Å². The van der Waals surface area contributed by atoms with E-state index in [1.807, 2.05) is 0 Å². The van der Waals surface area contributed by atoms with E-state index in [1.54, 1.807) is 6.07 Å². The van der Waals surface area contributed by atoms with Gasteiger partial charge in [-0.3, -0.25) is 4.79 Å². The van der Waals surface area contributed by atoms with E-state index in [1.165, 1.54) is 19.1 Å². The number of hydrogen-bond acceptors (Lipinski definition) is 6. The third-order valence-electron chi connectivity index (χ3n) is 4.40. The fourth-order valence-electron chi connectivity index (χ4n) is 2.97. The van der Waals surface area contributed by atoms with Gasteiger partial charge < -0.3 is 20.1 Å². The molecule has 1 unspecified atom stereocenters. The molecule has 26 heavy (non-hydrogen) atoms. The summed E-state index contributed by atoms with van der Waals surface area (Å²) in [6, 6.07) is 3.61. The van der Waals surface area contributed by atoms with Crippen LogP contribution in [-0.4, -0.2) is 52.7 Å². The Kier molecular flexibility index (Phi) is 6.00. The molecule has 0 saturated carbocycles. The van der Waals surface area contributed by atoms with Crippen molar-refractivity contribution in [1.29, 1.82) is 0 Å². The maximum absolute atomic E-state index is 12.6. The van der Waals surface area contributed by atoms with Crippen LogP contribution in [0.3, 0.4) is 0 Å². The van der Waals surface area contributed by atoms with E-state index < -0.39 is 16.1 Å². The van der Waals surface area contributed by atoms with E-state index in [0.717, 1.165) is 25.8 Å². The van der Waals surface area contributed by atoms with Crippen LogP contribution in [0.25, 0.3) is 0 Å². The van der Waals surface area contributed by atoms with Crippen molar-refractivity contribution in [2.24, 2.45) is 0 Å². The molecule has 8 nitrogen and oxygen atoms in total. The first-order valence-corrected chi connectivity index (χ1v) is 10.4. The lowest BCUT2D eigenvalue weighted by atomic mass is 10.1. The van der Waals surface area contributed by atoms with Gasteiger partial charge in [0.15, 0.2) is 11.5 Å². The van der Waals surface area contributed by atoms with Crippen LogP contribution in [-0.2, 0) is 14.8 Å². The molecular formula is C17H25N3O5S. The normalized spacial score (nSPS) is 21.5. The van der Waals surface area contributed by atoms with E-state index in [9.17, 15) is 13.2 Å². The quantitative estimate of drug-likeness (QED) is 0.679. The molecule has 3 N–H and O–H groups in total. The molecule has 144 valence electrons. The number of rotatable bonds is 5. The van der Waals surface area contributed by atoms with Crippen molar-refractivity contribution < 1.29 is 22.7 Å². The number of piperidine rings is 1. The molecule has 1 fully saturated rings. The first kappa shape index (κ1) is 18.9. The predicted octanol–water partition coefficient (Wildman–Crippen LogP) is 0.383. The van der Waals surface area contributed by atoms with Crippen LogP contribution in [0.5, 0.6) is 11.5 Å². The topological polar surface area (TPSA) is 106 Å². The summed E-state index contributed by atoms with van der Waals surface area (Å²) in [5.74, 6) is 0.587. The summed E-state index contributed by atoms with van der Waals surface area (Å²) in [6.45, 7) is 4.18. The maximum atomic E-state index is 12.6. The Morgan fingerprint density at radius 1 is 1.23 bits per heavy atom. The Hall–Kier alpha value is -1.84. The smallest absolute Gasteiger partial charge is 0.241 e. The highest BCUT2D eigenvalue weighted by atomic mass is 32.2. The molecule has 2 aliphatic rings. The van der Waals surface area contributed by atoms with Crippen molar-refractivity contribution in [1.82, 2.24) is 15.4 Å². The number of sulfonamides is 1. The van der Waals surface area contributed by atoms with Crippen LogP contribution in [0.4, 0.5) is 0 Å². The maximum Gasteiger partial charge on any atom is 0.241 e. The SMILES string of the molecule is CC(NS(=O)(=O)c1ccc2c(c1)OCCCO2)C(=O)N[C@H]1CCCNC1. The Labute approximate surface area is 153 Å². The van der Waals surface area contributed by atoms with Gasteiger partial charge in [0, 0.05) is 25.1 Å². The summed E-state index contributed by atoms with van der Waals surface area (Å²) >= 11 is 0. The van der Waals surface area contributed by atoms with Crippen LogP contribution in [0, 0.1) is 0 Å². The van der Waals surface area contributed by atoms with E-state index in [4.69, 9.17) is 9.47 Å². The molecule has 0 spiro atoms. The number of amides is 1. The van der Waals surface area contributed by atoms with Crippen LogP contribution >= 0.6 is 0 Å². The summed E-state index contributed by atoms with van der Waals surface area (Å²) in [6.07, 6.45) is 2.62. The lowest BCUT2D eigenvalue weighted by Gasteiger charge is -2.25. The van der Waals surface area contributed by atoms with E-state index >= 15 is 0 Å². The molecule has 0 bridgehead atoms. The van der Waals surface area contributed by atoms with Crippen LogP contribution in [0.1, 0.15) is 26.2 Å². The molecule has 1 amide bonds. The molecule has 1 aromatic rings. The highest BCUT2D eigenvalue weighted by Gasteiger charge is 2.25. The van der Waals surface area contributed by atoms with Gasteiger partial charge in [0.1, 0.15) is 0 Å². The second-order valence-electron chi connectivity index (χ2n) is 6.55. The first-order chi connectivity index (χ1) is 12.5. The number of carbonyl (C=O) groups is 1. The number of nitrogens with one attached hydrogen (secondary N) is 3. The fraction of sp³-hybridized carbons (Fsp3) is 0.588. The molecule has 0 aromatic heterocycles. The fourth-order valence-corrected chi connectivity index (χ4v) is 4.18. The molecule has 0 radical (unpaired) electrons. The molecule has 1 saturated heterocycles. The van der Waals surface area contributed by atoms with Crippen LogP contribution in [0.15, 0.2) is 23.1 Å².